The number of nitrogens with zero attached hydrogens (tertiary/aromatic N) is 2. The van der Waals surface area contributed by atoms with Gasteiger partial charge >= 0.3 is 0 Å². The normalized spacial score (nSPS) is 15.4. The summed E-state index contributed by atoms with van der Waals surface area (Å²) < 4.78 is 47.2. The summed E-state index contributed by atoms with van der Waals surface area (Å²) >= 11 is 3.42. The van der Waals surface area contributed by atoms with Crippen molar-refractivity contribution in [2.24, 2.45) is 0 Å². The van der Waals surface area contributed by atoms with E-state index >= 15 is 0 Å². The van der Waals surface area contributed by atoms with Gasteiger partial charge in [0.15, 0.2) is 0 Å². The summed E-state index contributed by atoms with van der Waals surface area (Å²) in [6.07, 6.45) is 0. The number of hydrogen-bond donors (Lipinski definition) is 0. The molecule has 0 radical (unpaired) electrons. The van der Waals surface area contributed by atoms with Gasteiger partial charge in [0.05, 0.1) is 23.7 Å². The molecular formula is C19H20BrFN2O4S. The maximum atomic E-state index is 14.3. The van der Waals surface area contributed by atoms with Gasteiger partial charge in [-0.15, -0.1) is 0 Å². The van der Waals surface area contributed by atoms with Crippen molar-refractivity contribution in [3.63, 3.8) is 0 Å². The molecular weight excluding hydrogens is 451 g/mol. The SMILES string of the molecule is CN(Cc1ccccc1Br)C(=O)c1cc(S(=O)(=O)N2CCOCC2)ccc1F. The molecule has 0 N–H and O–H groups in total. The van der Waals surface area contributed by atoms with Crippen LogP contribution in [0.25, 0.3) is 0 Å². The second kappa shape index (κ2) is 8.69. The molecule has 1 aliphatic rings. The van der Waals surface area contributed by atoms with E-state index in [0.717, 1.165) is 22.2 Å². The van der Waals surface area contributed by atoms with Crippen molar-refractivity contribution in [2.45, 2.75) is 11.4 Å². The van der Waals surface area contributed by atoms with Crippen LogP contribution in [0.1, 0.15) is 15.9 Å². The molecule has 6 nitrogen and oxygen atoms in total. The van der Waals surface area contributed by atoms with Crippen molar-refractivity contribution < 1.29 is 22.3 Å². The molecule has 0 atom stereocenters. The fourth-order valence-electron chi connectivity index (χ4n) is 2.92. The van der Waals surface area contributed by atoms with Gasteiger partial charge in [0.25, 0.3) is 5.91 Å². The summed E-state index contributed by atoms with van der Waals surface area (Å²) in [6, 6.07) is 10.7. The molecule has 9 heteroatoms. The summed E-state index contributed by atoms with van der Waals surface area (Å²) in [5.74, 6) is -1.35. The van der Waals surface area contributed by atoms with Crippen molar-refractivity contribution in [3.8, 4) is 0 Å². The average Bonchev–Trinajstić information content (AvgIpc) is 2.70. The van der Waals surface area contributed by atoms with Crippen molar-refractivity contribution in [2.75, 3.05) is 33.4 Å². The first-order valence-corrected chi connectivity index (χ1v) is 10.9. The van der Waals surface area contributed by atoms with Gasteiger partial charge < -0.3 is 9.64 Å². The van der Waals surface area contributed by atoms with Gasteiger partial charge in [-0.2, -0.15) is 4.31 Å². The highest BCUT2D eigenvalue weighted by Gasteiger charge is 2.28. The second-order valence-electron chi connectivity index (χ2n) is 6.41. The number of morpholine rings is 1. The number of carbonyl (C=O) groups is 1. The van der Waals surface area contributed by atoms with Gasteiger partial charge in [-0.1, -0.05) is 34.1 Å². The molecule has 1 amide bonds. The summed E-state index contributed by atoms with van der Waals surface area (Å²) in [7, 11) is -2.27. The molecule has 1 aliphatic heterocycles. The van der Waals surface area contributed by atoms with Crippen LogP contribution in [-0.4, -0.2) is 56.9 Å². The van der Waals surface area contributed by atoms with Gasteiger partial charge in [-0.3, -0.25) is 4.79 Å². The van der Waals surface area contributed by atoms with E-state index in [1.807, 2.05) is 24.3 Å². The van der Waals surface area contributed by atoms with E-state index in [1.54, 1.807) is 7.05 Å². The van der Waals surface area contributed by atoms with Gasteiger partial charge in [-0.25, -0.2) is 12.8 Å². The van der Waals surface area contributed by atoms with Crippen LogP contribution in [-0.2, 0) is 21.3 Å². The zero-order chi connectivity index (χ0) is 20.3. The number of ether oxygens (including phenoxy) is 1. The van der Waals surface area contributed by atoms with Crippen LogP contribution in [0.3, 0.4) is 0 Å². The van der Waals surface area contributed by atoms with Crippen molar-refractivity contribution in [3.05, 3.63) is 63.9 Å². The molecule has 3 rings (SSSR count). The first kappa shape index (κ1) is 20.9. The largest absolute Gasteiger partial charge is 0.379 e. The third-order valence-electron chi connectivity index (χ3n) is 4.49. The Labute approximate surface area is 172 Å². The maximum absolute atomic E-state index is 14.3. The molecule has 1 saturated heterocycles. The van der Waals surface area contributed by atoms with Crippen LogP contribution in [0.4, 0.5) is 4.39 Å². The molecule has 1 fully saturated rings. The molecule has 0 unspecified atom stereocenters. The van der Waals surface area contributed by atoms with E-state index in [2.05, 4.69) is 15.9 Å². The highest BCUT2D eigenvalue weighted by Crippen LogP contribution is 2.23. The summed E-state index contributed by atoms with van der Waals surface area (Å²) in [5, 5.41) is 0. The van der Waals surface area contributed by atoms with Crippen molar-refractivity contribution in [1.29, 1.82) is 0 Å². The summed E-state index contributed by atoms with van der Waals surface area (Å²) in [6.45, 7) is 1.32. The maximum Gasteiger partial charge on any atom is 0.256 e. The third-order valence-corrected chi connectivity index (χ3v) is 7.16. The van der Waals surface area contributed by atoms with Crippen LogP contribution in [0.5, 0.6) is 0 Å². The predicted molar refractivity (Wildman–Crippen MR) is 106 cm³/mol. The molecule has 2 aromatic carbocycles. The van der Waals surface area contributed by atoms with Gasteiger partial charge in [0.2, 0.25) is 10.0 Å². The molecule has 0 saturated carbocycles. The standard InChI is InChI=1S/C19H20BrFN2O4S/c1-22(13-14-4-2-3-5-17(14)20)19(24)16-12-15(6-7-18(16)21)28(25,26)23-8-10-27-11-9-23/h2-7,12H,8-11,13H2,1H3. The first-order chi connectivity index (χ1) is 13.3. The highest BCUT2D eigenvalue weighted by molar-refractivity contribution is 9.10. The van der Waals surface area contributed by atoms with E-state index in [1.165, 1.54) is 15.3 Å². The number of hydrogen-bond acceptors (Lipinski definition) is 4. The van der Waals surface area contributed by atoms with Crippen molar-refractivity contribution in [1.82, 2.24) is 9.21 Å². The average molecular weight is 471 g/mol. The lowest BCUT2D eigenvalue weighted by molar-refractivity contribution is 0.0730. The molecule has 2 aromatic rings. The molecule has 150 valence electrons. The Morgan fingerprint density at radius 1 is 1.21 bits per heavy atom. The second-order valence-corrected chi connectivity index (χ2v) is 9.20. The Hall–Kier alpha value is -1.81. The minimum atomic E-state index is -3.82. The van der Waals surface area contributed by atoms with Crippen LogP contribution >= 0.6 is 15.9 Å². The number of sulfonamides is 1. The Morgan fingerprint density at radius 2 is 1.89 bits per heavy atom. The van der Waals surface area contributed by atoms with Gasteiger partial charge in [0, 0.05) is 31.2 Å². The quantitative estimate of drug-likeness (QED) is 0.673. The van der Waals surface area contributed by atoms with Crippen LogP contribution in [0.15, 0.2) is 51.8 Å². The Morgan fingerprint density at radius 3 is 2.57 bits per heavy atom. The topological polar surface area (TPSA) is 66.9 Å². The summed E-state index contributed by atoms with van der Waals surface area (Å²) in [5.41, 5.74) is 0.583. The lowest BCUT2D eigenvalue weighted by Gasteiger charge is -2.26. The molecule has 0 aliphatic carbocycles. The zero-order valence-corrected chi connectivity index (χ0v) is 17.7. The number of amides is 1. The Balaban J connectivity index is 1.86. The predicted octanol–water partition coefficient (Wildman–Crippen LogP) is 2.88. The number of benzene rings is 2. The van der Waals surface area contributed by atoms with E-state index in [9.17, 15) is 17.6 Å². The summed E-state index contributed by atoms with van der Waals surface area (Å²) in [4.78, 5) is 14.0. The Bertz CT molecular complexity index is 978. The zero-order valence-electron chi connectivity index (χ0n) is 15.3. The first-order valence-electron chi connectivity index (χ1n) is 8.67. The smallest absolute Gasteiger partial charge is 0.256 e. The third kappa shape index (κ3) is 4.43. The Kier molecular flexibility index (Phi) is 6.49. The fraction of sp³-hybridized carbons (Fsp3) is 0.316. The van der Waals surface area contributed by atoms with E-state index in [4.69, 9.17) is 4.74 Å². The number of carbonyl (C=O) groups excluding carboxylic acids is 1. The van der Waals surface area contributed by atoms with E-state index < -0.39 is 21.7 Å². The van der Waals surface area contributed by atoms with Crippen molar-refractivity contribution >= 4 is 31.9 Å². The minimum absolute atomic E-state index is 0.103. The van der Waals surface area contributed by atoms with Gasteiger partial charge in [0.1, 0.15) is 5.82 Å². The monoisotopic (exact) mass is 470 g/mol. The molecule has 0 spiro atoms. The van der Waals surface area contributed by atoms with Crippen LogP contribution < -0.4 is 0 Å². The molecule has 0 bridgehead atoms. The van der Waals surface area contributed by atoms with Crippen LogP contribution in [0, 0.1) is 5.82 Å². The number of halogens is 2. The van der Waals surface area contributed by atoms with Crippen LogP contribution in [0.2, 0.25) is 0 Å². The fourth-order valence-corrected chi connectivity index (χ4v) is 4.77. The molecule has 1 heterocycles. The molecule has 0 aromatic heterocycles. The number of rotatable bonds is 5. The lowest BCUT2D eigenvalue weighted by atomic mass is 10.1. The highest BCUT2D eigenvalue weighted by atomic mass is 79.9. The minimum Gasteiger partial charge on any atom is -0.379 e. The van der Waals surface area contributed by atoms with E-state index in [0.29, 0.717) is 13.2 Å². The van der Waals surface area contributed by atoms with Gasteiger partial charge in [-0.05, 0) is 29.8 Å². The van der Waals surface area contributed by atoms with E-state index in [-0.39, 0.29) is 30.1 Å². The molecule has 28 heavy (non-hydrogen) atoms. The lowest BCUT2D eigenvalue weighted by Crippen LogP contribution is -2.40.